The molecule has 0 bridgehead atoms. The van der Waals surface area contributed by atoms with Crippen LogP contribution in [0, 0.1) is 0 Å². The number of morpholine rings is 1. The third-order valence-corrected chi connectivity index (χ3v) is 4.84. The zero-order valence-corrected chi connectivity index (χ0v) is 19.0. The van der Waals surface area contributed by atoms with Gasteiger partial charge in [-0.2, -0.15) is 0 Å². The molecule has 34 heavy (non-hydrogen) atoms. The van der Waals surface area contributed by atoms with Crippen molar-refractivity contribution in [2.75, 3.05) is 39.5 Å². The van der Waals surface area contributed by atoms with E-state index in [0.717, 1.165) is 36.9 Å². The lowest BCUT2D eigenvalue weighted by molar-refractivity contribution is -0.153. The van der Waals surface area contributed by atoms with E-state index in [4.69, 9.17) is 24.1 Å². The summed E-state index contributed by atoms with van der Waals surface area (Å²) >= 11 is 0. The Bertz CT molecular complexity index is 876. The predicted octanol–water partition coefficient (Wildman–Crippen LogP) is 1.67. The van der Waals surface area contributed by atoms with Crippen molar-refractivity contribution in [1.29, 1.82) is 0 Å². The Hall–Kier alpha value is -3.50. The minimum absolute atomic E-state index is 0.262. The van der Waals surface area contributed by atoms with Crippen molar-refractivity contribution in [2.45, 2.75) is 25.6 Å². The summed E-state index contributed by atoms with van der Waals surface area (Å²) in [6, 6.07) is 9.15. The van der Waals surface area contributed by atoms with E-state index >= 15 is 0 Å². The molecule has 2 unspecified atom stereocenters. The average molecular weight is 475 g/mol. The van der Waals surface area contributed by atoms with Crippen LogP contribution in [0.5, 0.6) is 0 Å². The fraction of sp³-hybridized carbons (Fsp3) is 0.417. The fourth-order valence-corrected chi connectivity index (χ4v) is 3.04. The molecule has 0 radical (unpaired) electrons. The van der Waals surface area contributed by atoms with Crippen molar-refractivity contribution >= 4 is 23.9 Å². The van der Waals surface area contributed by atoms with Crippen LogP contribution in [0.4, 0.5) is 0 Å². The Morgan fingerprint density at radius 3 is 2.24 bits per heavy atom. The standard InChI is InChI=1S/C24H29NO9/c1-18(19-5-3-2-4-6-19)33-23(29)9-10-24(30)34-20(11-12-25-13-15-31-16-14-25)17-32-22(28)8-7-21(26)27/h2-10,18,20H,11-17H2,1H3,(H,26,27)/b8-7+,10-9+. The van der Waals surface area contributed by atoms with E-state index in [0.29, 0.717) is 32.3 Å². The summed E-state index contributed by atoms with van der Waals surface area (Å²) in [5.41, 5.74) is 0.814. The topological polar surface area (TPSA) is 129 Å². The van der Waals surface area contributed by atoms with Gasteiger partial charge in [0.25, 0.3) is 0 Å². The van der Waals surface area contributed by atoms with Crippen LogP contribution in [0.1, 0.15) is 25.0 Å². The quantitative estimate of drug-likeness (QED) is 0.271. The summed E-state index contributed by atoms with van der Waals surface area (Å²) in [6.45, 7) is 4.69. The van der Waals surface area contributed by atoms with E-state index in [1.807, 2.05) is 30.3 Å². The van der Waals surface area contributed by atoms with Crippen LogP contribution in [0.15, 0.2) is 54.6 Å². The average Bonchev–Trinajstić information content (AvgIpc) is 2.84. The first-order chi connectivity index (χ1) is 16.3. The molecular weight excluding hydrogens is 446 g/mol. The van der Waals surface area contributed by atoms with E-state index in [-0.39, 0.29) is 6.61 Å². The monoisotopic (exact) mass is 475 g/mol. The highest BCUT2D eigenvalue weighted by Crippen LogP contribution is 2.16. The van der Waals surface area contributed by atoms with Crippen LogP contribution in [0.25, 0.3) is 0 Å². The van der Waals surface area contributed by atoms with Crippen molar-refractivity contribution in [3.05, 3.63) is 60.2 Å². The third kappa shape index (κ3) is 10.9. The highest BCUT2D eigenvalue weighted by Gasteiger charge is 2.19. The number of hydrogen-bond donors (Lipinski definition) is 1. The Labute approximate surface area is 197 Å². The number of benzene rings is 1. The molecule has 1 aliphatic heterocycles. The molecule has 0 saturated carbocycles. The maximum absolute atomic E-state index is 12.2. The number of esters is 3. The first kappa shape index (κ1) is 26.7. The Morgan fingerprint density at radius 2 is 1.59 bits per heavy atom. The van der Waals surface area contributed by atoms with Gasteiger partial charge in [-0.05, 0) is 12.5 Å². The number of carboxylic acid groups (broad SMARTS) is 1. The van der Waals surface area contributed by atoms with E-state index in [2.05, 4.69) is 4.90 Å². The zero-order valence-electron chi connectivity index (χ0n) is 19.0. The number of carbonyl (C=O) groups is 4. The van der Waals surface area contributed by atoms with Crippen molar-refractivity contribution in [2.24, 2.45) is 0 Å². The lowest BCUT2D eigenvalue weighted by Gasteiger charge is -2.28. The molecule has 1 aromatic carbocycles. The molecule has 2 rings (SSSR count). The molecule has 0 amide bonds. The minimum atomic E-state index is -1.29. The number of aliphatic carboxylic acids is 1. The highest BCUT2D eigenvalue weighted by molar-refractivity contribution is 5.92. The molecule has 2 atom stereocenters. The van der Waals surface area contributed by atoms with Crippen molar-refractivity contribution in [1.82, 2.24) is 4.90 Å². The molecule has 0 aromatic heterocycles. The van der Waals surface area contributed by atoms with Crippen LogP contribution in [0.2, 0.25) is 0 Å². The Balaban J connectivity index is 1.87. The number of carboxylic acids is 1. The summed E-state index contributed by atoms with van der Waals surface area (Å²) in [4.78, 5) is 48.6. The fourth-order valence-electron chi connectivity index (χ4n) is 3.04. The summed E-state index contributed by atoms with van der Waals surface area (Å²) < 4.78 is 20.9. The van der Waals surface area contributed by atoms with Gasteiger partial charge in [0.2, 0.25) is 0 Å². The van der Waals surface area contributed by atoms with Gasteiger partial charge in [-0.15, -0.1) is 0 Å². The van der Waals surface area contributed by atoms with Gasteiger partial charge >= 0.3 is 23.9 Å². The molecule has 1 N–H and O–H groups in total. The molecule has 10 heteroatoms. The van der Waals surface area contributed by atoms with Crippen molar-refractivity contribution < 1.29 is 43.2 Å². The largest absolute Gasteiger partial charge is 0.478 e. The number of rotatable bonds is 12. The molecule has 1 heterocycles. The van der Waals surface area contributed by atoms with Gasteiger partial charge in [-0.1, -0.05) is 30.3 Å². The second-order valence-corrected chi connectivity index (χ2v) is 7.43. The van der Waals surface area contributed by atoms with Crippen molar-refractivity contribution in [3.8, 4) is 0 Å². The SMILES string of the molecule is CC(OC(=O)/C=C/C(=O)OC(CCN1CCOCC1)COC(=O)/C=C/C(=O)O)c1ccccc1. The second-order valence-electron chi connectivity index (χ2n) is 7.43. The highest BCUT2D eigenvalue weighted by atomic mass is 16.6. The van der Waals surface area contributed by atoms with E-state index in [1.165, 1.54) is 0 Å². The number of nitrogens with zero attached hydrogens (tertiary/aromatic N) is 1. The van der Waals surface area contributed by atoms with Crippen molar-refractivity contribution in [3.63, 3.8) is 0 Å². The lowest BCUT2D eigenvalue weighted by Crippen LogP contribution is -2.39. The molecule has 1 fully saturated rings. The maximum atomic E-state index is 12.2. The number of hydrogen-bond acceptors (Lipinski definition) is 9. The van der Waals surface area contributed by atoms with Gasteiger partial charge in [-0.25, -0.2) is 19.2 Å². The summed E-state index contributed by atoms with van der Waals surface area (Å²) in [5.74, 6) is -3.66. The minimum Gasteiger partial charge on any atom is -0.478 e. The van der Waals surface area contributed by atoms with Gasteiger partial charge in [0.1, 0.15) is 18.8 Å². The smallest absolute Gasteiger partial charge is 0.331 e. The first-order valence-corrected chi connectivity index (χ1v) is 10.9. The number of ether oxygens (including phenoxy) is 4. The normalized spacial score (nSPS) is 16.1. The van der Waals surface area contributed by atoms with Crippen LogP contribution in [-0.2, 0) is 38.1 Å². The molecule has 1 saturated heterocycles. The predicted molar refractivity (Wildman–Crippen MR) is 120 cm³/mol. The lowest BCUT2D eigenvalue weighted by atomic mass is 10.1. The summed E-state index contributed by atoms with van der Waals surface area (Å²) in [7, 11) is 0. The van der Waals surface area contributed by atoms with Crippen LogP contribution in [0.3, 0.4) is 0 Å². The van der Waals surface area contributed by atoms with Crippen LogP contribution < -0.4 is 0 Å². The van der Waals surface area contributed by atoms with E-state index in [1.54, 1.807) is 6.92 Å². The molecule has 1 aliphatic rings. The van der Waals surface area contributed by atoms with Gasteiger partial charge < -0.3 is 24.1 Å². The summed E-state index contributed by atoms with van der Waals surface area (Å²) in [5, 5.41) is 8.59. The van der Waals surface area contributed by atoms with Gasteiger partial charge in [0.15, 0.2) is 0 Å². The van der Waals surface area contributed by atoms with Gasteiger partial charge in [-0.3, -0.25) is 4.90 Å². The first-order valence-electron chi connectivity index (χ1n) is 10.9. The van der Waals surface area contributed by atoms with E-state index in [9.17, 15) is 19.2 Å². The molecule has 1 aromatic rings. The van der Waals surface area contributed by atoms with Crippen LogP contribution in [-0.4, -0.2) is 79.4 Å². The molecule has 184 valence electrons. The molecular formula is C24H29NO9. The van der Waals surface area contributed by atoms with Gasteiger partial charge in [0.05, 0.1) is 13.2 Å². The Kier molecular flexibility index (Phi) is 11.5. The second kappa shape index (κ2) is 14.6. The Morgan fingerprint density at radius 1 is 0.971 bits per heavy atom. The van der Waals surface area contributed by atoms with Crippen LogP contribution >= 0.6 is 0 Å². The summed E-state index contributed by atoms with van der Waals surface area (Å²) in [6.07, 6.45) is 2.44. The maximum Gasteiger partial charge on any atom is 0.331 e. The zero-order chi connectivity index (χ0) is 24.8. The molecule has 0 spiro atoms. The molecule has 0 aliphatic carbocycles. The molecule has 10 nitrogen and oxygen atoms in total. The van der Waals surface area contributed by atoms with E-state index < -0.39 is 36.1 Å². The number of carbonyl (C=O) groups excluding carboxylic acids is 3. The third-order valence-electron chi connectivity index (χ3n) is 4.84. The van der Waals surface area contributed by atoms with Gasteiger partial charge in [0, 0.05) is 50.4 Å².